The standard InChI is InChI=1S/C16H13NO2/c1-11-4-3-5-15(12(11)2)16(18)19-14-8-6-13(10-17)7-9-14/h3-9H,1-2H3. The maximum Gasteiger partial charge on any atom is 0.343 e. The minimum atomic E-state index is -0.383. The Morgan fingerprint density at radius 1 is 1.11 bits per heavy atom. The zero-order chi connectivity index (χ0) is 13.8. The molecule has 0 bridgehead atoms. The maximum atomic E-state index is 12.1. The van der Waals surface area contributed by atoms with E-state index in [4.69, 9.17) is 10.00 Å². The van der Waals surface area contributed by atoms with Gasteiger partial charge in [0, 0.05) is 0 Å². The first-order valence-electron chi connectivity index (χ1n) is 5.90. The second-order valence-corrected chi connectivity index (χ2v) is 4.27. The summed E-state index contributed by atoms with van der Waals surface area (Å²) in [7, 11) is 0. The molecule has 3 heteroatoms. The minimum absolute atomic E-state index is 0.383. The lowest BCUT2D eigenvalue weighted by molar-refractivity contribution is 0.0734. The average molecular weight is 251 g/mol. The third kappa shape index (κ3) is 2.80. The number of nitriles is 1. The second kappa shape index (κ2) is 5.36. The zero-order valence-electron chi connectivity index (χ0n) is 10.8. The molecule has 2 aromatic rings. The molecule has 0 saturated carbocycles. The van der Waals surface area contributed by atoms with Crippen molar-refractivity contribution < 1.29 is 9.53 Å². The number of hydrogen-bond acceptors (Lipinski definition) is 3. The van der Waals surface area contributed by atoms with Crippen molar-refractivity contribution in [2.75, 3.05) is 0 Å². The predicted molar refractivity (Wildman–Crippen MR) is 72.0 cm³/mol. The molecule has 0 aliphatic heterocycles. The first-order valence-corrected chi connectivity index (χ1v) is 5.90. The Morgan fingerprint density at radius 2 is 1.79 bits per heavy atom. The Bertz CT molecular complexity index is 651. The van der Waals surface area contributed by atoms with E-state index in [9.17, 15) is 4.79 Å². The van der Waals surface area contributed by atoms with Gasteiger partial charge in [-0.2, -0.15) is 5.26 Å². The SMILES string of the molecule is Cc1cccc(C(=O)Oc2ccc(C#N)cc2)c1C. The van der Waals surface area contributed by atoms with Gasteiger partial charge in [-0.3, -0.25) is 0 Å². The summed E-state index contributed by atoms with van der Waals surface area (Å²) >= 11 is 0. The molecule has 3 nitrogen and oxygen atoms in total. The molecule has 0 amide bonds. The van der Waals surface area contributed by atoms with Crippen molar-refractivity contribution in [1.29, 1.82) is 5.26 Å². The number of ether oxygens (including phenoxy) is 1. The van der Waals surface area contributed by atoms with Crippen molar-refractivity contribution in [2.24, 2.45) is 0 Å². The number of benzene rings is 2. The summed E-state index contributed by atoms with van der Waals surface area (Å²) in [6.45, 7) is 3.85. The molecule has 0 aliphatic carbocycles. The Kier molecular flexibility index (Phi) is 3.63. The lowest BCUT2D eigenvalue weighted by Gasteiger charge is -2.08. The Hall–Kier alpha value is -2.60. The van der Waals surface area contributed by atoms with Crippen molar-refractivity contribution in [3.63, 3.8) is 0 Å². The number of nitrogens with zero attached hydrogens (tertiary/aromatic N) is 1. The van der Waals surface area contributed by atoms with Crippen LogP contribution in [0.3, 0.4) is 0 Å². The Labute approximate surface area is 112 Å². The van der Waals surface area contributed by atoms with E-state index >= 15 is 0 Å². The van der Waals surface area contributed by atoms with Gasteiger partial charge in [0.15, 0.2) is 0 Å². The molecule has 0 radical (unpaired) electrons. The van der Waals surface area contributed by atoms with Crippen LogP contribution in [0.25, 0.3) is 0 Å². The molecule has 19 heavy (non-hydrogen) atoms. The molecule has 0 aliphatic rings. The van der Waals surface area contributed by atoms with Gasteiger partial charge in [0.05, 0.1) is 17.2 Å². The highest BCUT2D eigenvalue weighted by molar-refractivity contribution is 5.92. The maximum absolute atomic E-state index is 12.1. The summed E-state index contributed by atoms with van der Waals surface area (Å²) in [4.78, 5) is 12.1. The number of carbonyl (C=O) groups is 1. The fraction of sp³-hybridized carbons (Fsp3) is 0.125. The molecule has 0 saturated heterocycles. The number of aryl methyl sites for hydroxylation is 1. The largest absolute Gasteiger partial charge is 0.423 e. The van der Waals surface area contributed by atoms with E-state index < -0.39 is 0 Å². The van der Waals surface area contributed by atoms with Crippen LogP contribution in [0, 0.1) is 25.2 Å². The number of rotatable bonds is 2. The summed E-state index contributed by atoms with van der Waals surface area (Å²) < 4.78 is 5.29. The number of carbonyl (C=O) groups excluding carboxylic acids is 1. The fourth-order valence-corrected chi connectivity index (χ4v) is 1.73. The minimum Gasteiger partial charge on any atom is -0.423 e. The average Bonchev–Trinajstić information content (AvgIpc) is 2.42. The van der Waals surface area contributed by atoms with Gasteiger partial charge in [-0.25, -0.2) is 4.79 Å². The molecule has 0 fully saturated rings. The van der Waals surface area contributed by atoms with Gasteiger partial charge in [-0.15, -0.1) is 0 Å². The van der Waals surface area contributed by atoms with Gasteiger partial charge in [-0.1, -0.05) is 12.1 Å². The van der Waals surface area contributed by atoms with Gasteiger partial charge in [0.1, 0.15) is 5.75 Å². The molecule has 0 atom stereocenters. The van der Waals surface area contributed by atoms with Crippen LogP contribution in [0.4, 0.5) is 0 Å². The van der Waals surface area contributed by atoms with Crippen LogP contribution in [-0.2, 0) is 0 Å². The molecule has 0 unspecified atom stereocenters. The summed E-state index contributed by atoms with van der Waals surface area (Å²) in [5.74, 6) is 0.0517. The van der Waals surface area contributed by atoms with Gasteiger partial charge < -0.3 is 4.74 Å². The van der Waals surface area contributed by atoms with E-state index in [-0.39, 0.29) is 5.97 Å². The molecule has 0 N–H and O–H groups in total. The molecule has 2 rings (SSSR count). The highest BCUT2D eigenvalue weighted by atomic mass is 16.5. The van der Waals surface area contributed by atoms with Crippen molar-refractivity contribution in [1.82, 2.24) is 0 Å². The third-order valence-corrected chi connectivity index (χ3v) is 3.02. The normalized spacial score (nSPS) is 9.74. The van der Waals surface area contributed by atoms with Crippen LogP contribution in [0.15, 0.2) is 42.5 Å². The first-order chi connectivity index (χ1) is 9.11. The summed E-state index contributed by atoms with van der Waals surface area (Å²) in [5, 5.41) is 8.70. The zero-order valence-corrected chi connectivity index (χ0v) is 10.8. The highest BCUT2D eigenvalue weighted by Crippen LogP contribution is 2.17. The van der Waals surface area contributed by atoms with Crippen LogP contribution in [0.1, 0.15) is 27.0 Å². The number of hydrogen-bond donors (Lipinski definition) is 0. The predicted octanol–water partition coefficient (Wildman–Crippen LogP) is 3.39. The molecule has 2 aromatic carbocycles. The van der Waals surface area contributed by atoms with Crippen molar-refractivity contribution >= 4 is 5.97 Å². The Morgan fingerprint density at radius 3 is 2.42 bits per heavy atom. The quantitative estimate of drug-likeness (QED) is 0.607. The van der Waals surface area contributed by atoms with Crippen LogP contribution in [0.5, 0.6) is 5.75 Å². The van der Waals surface area contributed by atoms with E-state index in [0.29, 0.717) is 16.9 Å². The van der Waals surface area contributed by atoms with E-state index in [0.717, 1.165) is 11.1 Å². The molecule has 0 aromatic heterocycles. The molecular formula is C16H13NO2. The monoisotopic (exact) mass is 251 g/mol. The first kappa shape index (κ1) is 12.8. The number of esters is 1. The van der Waals surface area contributed by atoms with E-state index in [2.05, 4.69) is 0 Å². The molecule has 0 heterocycles. The molecular weight excluding hydrogens is 238 g/mol. The topological polar surface area (TPSA) is 50.1 Å². The molecule has 0 spiro atoms. The smallest absolute Gasteiger partial charge is 0.343 e. The highest BCUT2D eigenvalue weighted by Gasteiger charge is 2.12. The van der Waals surface area contributed by atoms with E-state index in [1.165, 1.54) is 0 Å². The lowest BCUT2D eigenvalue weighted by Crippen LogP contribution is -2.10. The Balaban J connectivity index is 2.21. The third-order valence-electron chi connectivity index (χ3n) is 3.02. The van der Waals surface area contributed by atoms with E-state index in [1.54, 1.807) is 30.3 Å². The van der Waals surface area contributed by atoms with Crippen molar-refractivity contribution in [2.45, 2.75) is 13.8 Å². The van der Waals surface area contributed by atoms with Gasteiger partial charge in [-0.05, 0) is 55.3 Å². The second-order valence-electron chi connectivity index (χ2n) is 4.27. The van der Waals surface area contributed by atoms with Crippen LogP contribution in [-0.4, -0.2) is 5.97 Å². The van der Waals surface area contributed by atoms with Gasteiger partial charge >= 0.3 is 5.97 Å². The lowest BCUT2D eigenvalue weighted by atomic mass is 10.0. The van der Waals surface area contributed by atoms with Gasteiger partial charge in [0.2, 0.25) is 0 Å². The van der Waals surface area contributed by atoms with Crippen molar-refractivity contribution in [3.05, 3.63) is 64.7 Å². The molecule has 94 valence electrons. The van der Waals surface area contributed by atoms with Crippen molar-refractivity contribution in [3.8, 4) is 11.8 Å². The summed E-state index contributed by atoms with van der Waals surface area (Å²) in [6, 6.07) is 14.0. The van der Waals surface area contributed by atoms with Crippen LogP contribution < -0.4 is 4.74 Å². The summed E-state index contributed by atoms with van der Waals surface area (Å²) in [6.07, 6.45) is 0. The van der Waals surface area contributed by atoms with Crippen LogP contribution >= 0.6 is 0 Å². The summed E-state index contributed by atoms with van der Waals surface area (Å²) in [5.41, 5.74) is 3.06. The van der Waals surface area contributed by atoms with E-state index in [1.807, 2.05) is 32.0 Å². The fourth-order valence-electron chi connectivity index (χ4n) is 1.73. The van der Waals surface area contributed by atoms with Gasteiger partial charge in [0.25, 0.3) is 0 Å². The van der Waals surface area contributed by atoms with Crippen LogP contribution in [0.2, 0.25) is 0 Å².